The summed E-state index contributed by atoms with van der Waals surface area (Å²) in [5, 5.41) is 0. The molecule has 0 saturated heterocycles. The van der Waals surface area contributed by atoms with Crippen LogP contribution in [0.15, 0.2) is 40.2 Å². The van der Waals surface area contributed by atoms with Crippen LogP contribution in [0.3, 0.4) is 0 Å². The number of furan rings is 1. The molecule has 0 spiro atoms. The van der Waals surface area contributed by atoms with Crippen LogP contribution in [0.5, 0.6) is 0 Å². The van der Waals surface area contributed by atoms with Crippen LogP contribution in [0.2, 0.25) is 0 Å². The SMILES string of the molecule is C1=C2COCCOCc3ccc(o3)COCCOCC(=CC1)O2. The summed E-state index contributed by atoms with van der Waals surface area (Å²) in [5.41, 5.74) is 0. The van der Waals surface area contributed by atoms with Crippen LogP contribution in [0.4, 0.5) is 0 Å². The largest absolute Gasteiger partial charge is 0.462 e. The molecule has 0 fully saturated rings. The smallest absolute Gasteiger partial charge is 0.129 e. The molecule has 4 bridgehead atoms. The summed E-state index contributed by atoms with van der Waals surface area (Å²) in [6, 6.07) is 3.80. The molecule has 6 nitrogen and oxygen atoms in total. The number of rotatable bonds is 0. The summed E-state index contributed by atoms with van der Waals surface area (Å²) in [4.78, 5) is 0. The van der Waals surface area contributed by atoms with Crippen molar-refractivity contribution in [2.75, 3.05) is 39.6 Å². The summed E-state index contributed by atoms with van der Waals surface area (Å²) < 4.78 is 33.5. The second-order valence-corrected chi connectivity index (χ2v) is 5.26. The van der Waals surface area contributed by atoms with Crippen molar-refractivity contribution in [2.24, 2.45) is 0 Å². The van der Waals surface area contributed by atoms with Gasteiger partial charge in [0.25, 0.3) is 0 Å². The fraction of sp³-hybridized carbons (Fsp3) is 0.529. The minimum absolute atomic E-state index is 0.429. The number of hydrogen-bond acceptors (Lipinski definition) is 6. The molecule has 2 aliphatic rings. The lowest BCUT2D eigenvalue weighted by Gasteiger charge is -2.17. The van der Waals surface area contributed by atoms with Crippen molar-refractivity contribution in [1.82, 2.24) is 0 Å². The summed E-state index contributed by atoms with van der Waals surface area (Å²) >= 11 is 0. The third-order valence-corrected chi connectivity index (χ3v) is 3.39. The minimum Gasteiger partial charge on any atom is -0.462 e. The lowest BCUT2D eigenvalue weighted by atomic mass is 10.2. The molecule has 0 aromatic carbocycles. The third-order valence-electron chi connectivity index (χ3n) is 3.39. The highest BCUT2D eigenvalue weighted by atomic mass is 16.6. The van der Waals surface area contributed by atoms with Crippen molar-refractivity contribution in [2.45, 2.75) is 19.6 Å². The molecule has 3 rings (SSSR count). The predicted octanol–water partition coefficient (Wildman–Crippen LogP) is 2.55. The van der Waals surface area contributed by atoms with Gasteiger partial charge in [0.15, 0.2) is 0 Å². The minimum atomic E-state index is 0.429. The molecule has 0 saturated carbocycles. The van der Waals surface area contributed by atoms with Crippen molar-refractivity contribution in [3.05, 3.63) is 47.3 Å². The Hall–Kier alpha value is -1.60. The van der Waals surface area contributed by atoms with E-state index in [1.54, 1.807) is 0 Å². The van der Waals surface area contributed by atoms with Crippen LogP contribution in [0, 0.1) is 0 Å². The van der Waals surface area contributed by atoms with E-state index in [4.69, 9.17) is 28.1 Å². The number of fused-ring (bicyclic) bond motifs is 4. The molecule has 23 heavy (non-hydrogen) atoms. The van der Waals surface area contributed by atoms with E-state index in [0.29, 0.717) is 52.9 Å². The monoisotopic (exact) mass is 322 g/mol. The molecule has 6 heteroatoms. The lowest BCUT2D eigenvalue weighted by molar-refractivity contribution is 0.0152. The van der Waals surface area contributed by atoms with E-state index in [-0.39, 0.29) is 0 Å². The van der Waals surface area contributed by atoms with Gasteiger partial charge in [-0.1, -0.05) is 0 Å². The van der Waals surface area contributed by atoms with Gasteiger partial charge >= 0.3 is 0 Å². The van der Waals surface area contributed by atoms with Gasteiger partial charge < -0.3 is 28.1 Å². The molecular formula is C17H22O6. The van der Waals surface area contributed by atoms with E-state index in [1.165, 1.54) is 0 Å². The van der Waals surface area contributed by atoms with Crippen molar-refractivity contribution >= 4 is 0 Å². The van der Waals surface area contributed by atoms with Gasteiger partial charge in [0, 0.05) is 0 Å². The van der Waals surface area contributed by atoms with E-state index >= 15 is 0 Å². The van der Waals surface area contributed by atoms with E-state index in [2.05, 4.69) is 0 Å². The van der Waals surface area contributed by atoms with Gasteiger partial charge in [-0.3, -0.25) is 0 Å². The van der Waals surface area contributed by atoms with Gasteiger partial charge in [0.2, 0.25) is 0 Å². The topological polar surface area (TPSA) is 59.3 Å². The zero-order valence-corrected chi connectivity index (χ0v) is 13.1. The van der Waals surface area contributed by atoms with Gasteiger partial charge in [-0.15, -0.1) is 0 Å². The van der Waals surface area contributed by atoms with Gasteiger partial charge in [0.1, 0.15) is 49.5 Å². The molecule has 0 amide bonds. The zero-order chi connectivity index (χ0) is 15.7. The highest BCUT2D eigenvalue weighted by Gasteiger charge is 2.09. The molecule has 1 aromatic rings. The Bertz CT molecular complexity index is 501. The standard InChI is InChI=1S/C17H22O6/c1-2-14-10-18-6-8-20-12-16-4-5-17(23-16)13-21-9-7-19-11-15(3-1)22-14/h2-5H,1,6-13H2. The predicted molar refractivity (Wildman–Crippen MR) is 81.5 cm³/mol. The summed E-state index contributed by atoms with van der Waals surface area (Å²) in [6.07, 6.45) is 4.86. The van der Waals surface area contributed by atoms with Crippen LogP contribution in [-0.4, -0.2) is 39.6 Å². The first-order chi connectivity index (χ1) is 11.4. The Balaban J connectivity index is 1.51. The van der Waals surface area contributed by atoms with E-state index in [0.717, 1.165) is 29.5 Å². The summed E-state index contributed by atoms with van der Waals surface area (Å²) in [6.45, 7) is 3.76. The Labute approximate surface area is 135 Å². The van der Waals surface area contributed by atoms with Crippen LogP contribution < -0.4 is 0 Å². The fourth-order valence-electron chi connectivity index (χ4n) is 2.25. The fourth-order valence-corrected chi connectivity index (χ4v) is 2.25. The van der Waals surface area contributed by atoms with Crippen molar-refractivity contribution in [3.63, 3.8) is 0 Å². The average molecular weight is 322 g/mol. The van der Waals surface area contributed by atoms with Crippen molar-refractivity contribution < 1.29 is 28.1 Å². The highest BCUT2D eigenvalue weighted by Crippen LogP contribution is 2.16. The first-order valence-corrected chi connectivity index (χ1v) is 7.84. The number of ether oxygens (including phenoxy) is 5. The summed E-state index contributed by atoms with van der Waals surface area (Å²) in [5.74, 6) is 3.21. The number of hydrogen-bond donors (Lipinski definition) is 0. The van der Waals surface area contributed by atoms with E-state index in [1.807, 2.05) is 24.3 Å². The lowest BCUT2D eigenvalue weighted by Crippen LogP contribution is -2.13. The Kier molecular flexibility index (Phi) is 6.28. The molecule has 0 atom stereocenters. The Morgan fingerprint density at radius 2 is 1.09 bits per heavy atom. The molecular weight excluding hydrogens is 300 g/mol. The molecule has 3 heterocycles. The van der Waals surface area contributed by atoms with Gasteiger partial charge in [0.05, 0.1) is 26.4 Å². The van der Waals surface area contributed by atoms with Crippen LogP contribution in [0.1, 0.15) is 17.9 Å². The molecule has 0 aliphatic carbocycles. The maximum absolute atomic E-state index is 5.73. The molecule has 126 valence electrons. The van der Waals surface area contributed by atoms with Gasteiger partial charge in [-0.2, -0.15) is 0 Å². The van der Waals surface area contributed by atoms with Crippen molar-refractivity contribution in [1.29, 1.82) is 0 Å². The Morgan fingerprint density at radius 1 is 0.609 bits per heavy atom. The molecule has 2 aliphatic heterocycles. The molecule has 0 unspecified atom stereocenters. The first kappa shape index (κ1) is 16.3. The molecule has 0 N–H and O–H groups in total. The van der Waals surface area contributed by atoms with Crippen LogP contribution in [0.25, 0.3) is 0 Å². The summed E-state index contributed by atoms with van der Waals surface area (Å²) in [7, 11) is 0. The Morgan fingerprint density at radius 3 is 1.61 bits per heavy atom. The highest BCUT2D eigenvalue weighted by molar-refractivity contribution is 5.11. The van der Waals surface area contributed by atoms with Crippen LogP contribution >= 0.6 is 0 Å². The van der Waals surface area contributed by atoms with Crippen molar-refractivity contribution in [3.8, 4) is 0 Å². The van der Waals surface area contributed by atoms with E-state index < -0.39 is 0 Å². The second kappa shape index (κ2) is 8.88. The van der Waals surface area contributed by atoms with Crippen LogP contribution in [-0.2, 0) is 36.9 Å². The molecule has 0 radical (unpaired) electrons. The maximum atomic E-state index is 5.73. The zero-order valence-electron chi connectivity index (χ0n) is 13.1. The number of allylic oxidation sites excluding steroid dienone is 2. The first-order valence-electron chi connectivity index (χ1n) is 7.84. The quantitative estimate of drug-likeness (QED) is 0.731. The normalized spacial score (nSPS) is 21.4. The maximum Gasteiger partial charge on any atom is 0.129 e. The second-order valence-electron chi connectivity index (χ2n) is 5.26. The van der Waals surface area contributed by atoms with Gasteiger partial charge in [-0.25, -0.2) is 0 Å². The third kappa shape index (κ3) is 5.51. The van der Waals surface area contributed by atoms with E-state index in [9.17, 15) is 0 Å². The van der Waals surface area contributed by atoms with Gasteiger partial charge in [-0.05, 0) is 30.7 Å². The average Bonchev–Trinajstić information content (AvgIpc) is 3.01. The molecule has 1 aromatic heterocycles.